The van der Waals surface area contributed by atoms with E-state index in [9.17, 15) is 9.59 Å². The molecule has 0 aliphatic carbocycles. The molecule has 22 heavy (non-hydrogen) atoms. The summed E-state index contributed by atoms with van der Waals surface area (Å²) in [4.78, 5) is 26.4. The number of carbonyl (C=O) groups is 2. The Kier molecular flexibility index (Phi) is 4.30. The van der Waals surface area contributed by atoms with Crippen molar-refractivity contribution in [1.29, 1.82) is 0 Å². The first-order valence-corrected chi connectivity index (χ1v) is 7.40. The number of nitrogens with two attached hydrogens (primary N) is 1. The van der Waals surface area contributed by atoms with Crippen LogP contribution in [0, 0.1) is 0 Å². The van der Waals surface area contributed by atoms with Crippen LogP contribution in [0.4, 0.5) is 11.4 Å². The van der Waals surface area contributed by atoms with Crippen LogP contribution in [0.5, 0.6) is 5.75 Å². The summed E-state index contributed by atoms with van der Waals surface area (Å²) in [5.74, 6) is -0.175. The van der Waals surface area contributed by atoms with E-state index in [1.165, 1.54) is 12.0 Å². The van der Waals surface area contributed by atoms with Crippen LogP contribution in [0.25, 0.3) is 0 Å². The predicted molar refractivity (Wildman–Crippen MR) is 83.8 cm³/mol. The summed E-state index contributed by atoms with van der Waals surface area (Å²) in [6.07, 6.45) is 1.02. The molecule has 1 atom stereocenters. The molecule has 6 nitrogen and oxygen atoms in total. The zero-order valence-corrected chi connectivity index (χ0v) is 13.4. The monoisotopic (exact) mass is 306 g/mol. The van der Waals surface area contributed by atoms with Gasteiger partial charge in [-0.2, -0.15) is 0 Å². The third-order valence-electron chi connectivity index (χ3n) is 4.23. The van der Waals surface area contributed by atoms with Gasteiger partial charge in [0.2, 0.25) is 0 Å². The Morgan fingerprint density at radius 1 is 1.41 bits per heavy atom. The summed E-state index contributed by atoms with van der Waals surface area (Å²) >= 11 is 0. The van der Waals surface area contributed by atoms with Crippen molar-refractivity contribution in [2.75, 3.05) is 17.7 Å². The van der Waals surface area contributed by atoms with Crippen molar-refractivity contribution in [1.82, 2.24) is 0 Å². The Labute approximate surface area is 130 Å². The molecule has 0 aromatic heterocycles. The Balaban J connectivity index is 2.60. The van der Waals surface area contributed by atoms with Gasteiger partial charge in [0.25, 0.3) is 5.91 Å². The van der Waals surface area contributed by atoms with Gasteiger partial charge in [0.1, 0.15) is 11.8 Å². The zero-order valence-electron chi connectivity index (χ0n) is 13.4. The van der Waals surface area contributed by atoms with Crippen LogP contribution in [-0.4, -0.2) is 30.6 Å². The normalized spacial score (nSPS) is 17.5. The van der Waals surface area contributed by atoms with E-state index in [4.69, 9.17) is 15.2 Å². The number of amides is 1. The van der Waals surface area contributed by atoms with Gasteiger partial charge in [-0.25, -0.2) is 4.79 Å². The molecule has 0 spiro atoms. The van der Waals surface area contributed by atoms with E-state index >= 15 is 0 Å². The number of carbonyl (C=O) groups excluding carboxylic acids is 2. The maximum Gasteiger partial charge on any atom is 0.328 e. The van der Waals surface area contributed by atoms with E-state index < -0.39 is 17.6 Å². The minimum atomic E-state index is -0.967. The molecule has 2 rings (SSSR count). The van der Waals surface area contributed by atoms with Crippen LogP contribution >= 0.6 is 0 Å². The topological polar surface area (TPSA) is 81.9 Å². The Hall–Kier alpha value is -2.24. The number of hydrogen-bond acceptors (Lipinski definition) is 5. The molecule has 2 N–H and O–H groups in total. The zero-order chi connectivity index (χ0) is 16.5. The van der Waals surface area contributed by atoms with Gasteiger partial charge < -0.3 is 15.2 Å². The molecule has 1 unspecified atom stereocenters. The van der Waals surface area contributed by atoms with Gasteiger partial charge in [0.05, 0.1) is 12.8 Å². The van der Waals surface area contributed by atoms with E-state index in [0.717, 1.165) is 0 Å². The standard InChI is InChI=1S/C16H22N2O4/c1-5-16(6-2)15(20)18(10(3)14(19)21-4)12-9-11(17)7-8-13(12)22-16/h7-10H,5-6,17H2,1-4H3. The SMILES string of the molecule is CCC1(CC)Oc2ccc(N)cc2N(C(C)C(=O)OC)C1=O. The highest BCUT2D eigenvalue weighted by Crippen LogP contribution is 2.42. The number of ether oxygens (including phenoxy) is 2. The molecule has 120 valence electrons. The lowest BCUT2D eigenvalue weighted by molar-refractivity contribution is -0.146. The highest BCUT2D eigenvalue weighted by molar-refractivity contribution is 6.07. The summed E-state index contributed by atoms with van der Waals surface area (Å²) < 4.78 is 10.8. The van der Waals surface area contributed by atoms with Crippen LogP contribution in [0.3, 0.4) is 0 Å². The number of nitrogens with zero attached hydrogens (tertiary/aromatic N) is 1. The van der Waals surface area contributed by atoms with Crippen LogP contribution in [-0.2, 0) is 14.3 Å². The van der Waals surface area contributed by atoms with Crippen molar-refractivity contribution in [2.24, 2.45) is 0 Å². The van der Waals surface area contributed by atoms with Crippen molar-refractivity contribution >= 4 is 23.3 Å². The van der Waals surface area contributed by atoms with Gasteiger partial charge in [0, 0.05) is 5.69 Å². The molecule has 0 fully saturated rings. The van der Waals surface area contributed by atoms with Crippen LogP contribution in [0.15, 0.2) is 18.2 Å². The molecular weight excluding hydrogens is 284 g/mol. The van der Waals surface area contributed by atoms with E-state index in [2.05, 4.69) is 0 Å². The smallest absolute Gasteiger partial charge is 0.328 e. The second-order valence-corrected chi connectivity index (χ2v) is 5.40. The Bertz CT molecular complexity index is 596. The third kappa shape index (κ3) is 2.38. The molecule has 1 aliphatic rings. The van der Waals surface area contributed by atoms with E-state index in [1.807, 2.05) is 13.8 Å². The van der Waals surface area contributed by atoms with Crippen LogP contribution in [0.1, 0.15) is 33.6 Å². The second kappa shape index (κ2) is 5.87. The van der Waals surface area contributed by atoms with Crippen molar-refractivity contribution in [3.05, 3.63) is 18.2 Å². The fourth-order valence-electron chi connectivity index (χ4n) is 2.75. The summed E-state index contributed by atoms with van der Waals surface area (Å²) in [5.41, 5.74) is 5.85. The summed E-state index contributed by atoms with van der Waals surface area (Å²) in [7, 11) is 1.30. The van der Waals surface area contributed by atoms with Gasteiger partial charge in [-0.05, 0) is 38.0 Å². The Morgan fingerprint density at radius 2 is 2.05 bits per heavy atom. The lowest BCUT2D eigenvalue weighted by Crippen LogP contribution is -2.59. The lowest BCUT2D eigenvalue weighted by Gasteiger charge is -2.43. The largest absolute Gasteiger partial charge is 0.475 e. The highest BCUT2D eigenvalue weighted by Gasteiger charge is 2.48. The minimum absolute atomic E-state index is 0.242. The summed E-state index contributed by atoms with van der Waals surface area (Å²) in [6, 6.07) is 4.33. The van der Waals surface area contributed by atoms with E-state index in [1.54, 1.807) is 25.1 Å². The maximum absolute atomic E-state index is 13.0. The molecular formula is C16H22N2O4. The van der Waals surface area contributed by atoms with Crippen molar-refractivity contribution in [3.8, 4) is 5.75 Å². The van der Waals surface area contributed by atoms with Gasteiger partial charge >= 0.3 is 5.97 Å². The van der Waals surface area contributed by atoms with Crippen molar-refractivity contribution in [3.63, 3.8) is 0 Å². The quantitative estimate of drug-likeness (QED) is 0.680. The number of benzene rings is 1. The van der Waals surface area contributed by atoms with Gasteiger partial charge in [-0.15, -0.1) is 0 Å². The minimum Gasteiger partial charge on any atom is -0.475 e. The molecule has 0 bridgehead atoms. The molecule has 1 amide bonds. The average Bonchev–Trinajstić information content (AvgIpc) is 2.53. The summed E-state index contributed by atoms with van der Waals surface area (Å²) in [5, 5.41) is 0. The molecule has 1 aromatic rings. The first-order valence-electron chi connectivity index (χ1n) is 7.40. The molecule has 0 radical (unpaired) electrons. The average molecular weight is 306 g/mol. The first-order chi connectivity index (χ1) is 10.4. The van der Waals surface area contributed by atoms with E-state index in [0.29, 0.717) is 30.0 Å². The molecule has 1 aliphatic heterocycles. The van der Waals surface area contributed by atoms with Crippen LogP contribution < -0.4 is 15.4 Å². The number of esters is 1. The number of hydrogen-bond donors (Lipinski definition) is 1. The van der Waals surface area contributed by atoms with Gasteiger partial charge in [0.15, 0.2) is 5.60 Å². The van der Waals surface area contributed by atoms with Crippen LogP contribution in [0.2, 0.25) is 0 Å². The maximum atomic E-state index is 13.0. The summed E-state index contributed by atoms with van der Waals surface area (Å²) in [6.45, 7) is 5.42. The number of fused-ring (bicyclic) bond motifs is 1. The van der Waals surface area contributed by atoms with Crippen molar-refractivity contribution in [2.45, 2.75) is 45.3 Å². The number of methoxy groups -OCH3 is 1. The third-order valence-corrected chi connectivity index (χ3v) is 4.23. The first kappa shape index (κ1) is 16.1. The van der Waals surface area contributed by atoms with Gasteiger partial charge in [-0.1, -0.05) is 13.8 Å². The second-order valence-electron chi connectivity index (χ2n) is 5.40. The van der Waals surface area contributed by atoms with Gasteiger partial charge in [-0.3, -0.25) is 9.69 Å². The highest BCUT2D eigenvalue weighted by atomic mass is 16.5. The Morgan fingerprint density at radius 3 is 2.59 bits per heavy atom. The lowest BCUT2D eigenvalue weighted by atomic mass is 9.92. The molecule has 0 saturated heterocycles. The molecule has 6 heteroatoms. The molecule has 0 saturated carbocycles. The number of nitrogen functional groups attached to an aromatic ring is 1. The molecule has 1 heterocycles. The van der Waals surface area contributed by atoms with E-state index in [-0.39, 0.29) is 5.91 Å². The fraction of sp³-hybridized carbons (Fsp3) is 0.500. The number of rotatable bonds is 4. The number of anilines is 2. The molecule has 1 aromatic carbocycles. The van der Waals surface area contributed by atoms with Crippen molar-refractivity contribution < 1.29 is 19.1 Å². The fourth-order valence-corrected chi connectivity index (χ4v) is 2.75. The predicted octanol–water partition coefficient (Wildman–Crippen LogP) is 2.11.